The quantitative estimate of drug-likeness (QED) is 0.852. The summed E-state index contributed by atoms with van der Waals surface area (Å²) in [5.74, 6) is -0.768. The van der Waals surface area contributed by atoms with Crippen molar-refractivity contribution in [3.8, 4) is 0 Å². The zero-order chi connectivity index (χ0) is 12.3. The average Bonchev–Trinajstić information content (AvgIpc) is 2.16. The lowest BCUT2D eigenvalue weighted by Gasteiger charge is -2.23. The van der Waals surface area contributed by atoms with Crippen LogP contribution < -0.4 is 5.32 Å². The van der Waals surface area contributed by atoms with Crippen LogP contribution in [0.2, 0.25) is 5.02 Å². The molecule has 1 aromatic carbocycles. The molecular formula is C11H12BrClFNO. The van der Waals surface area contributed by atoms with Gasteiger partial charge in [0.1, 0.15) is 5.82 Å². The van der Waals surface area contributed by atoms with E-state index in [2.05, 4.69) is 21.2 Å². The van der Waals surface area contributed by atoms with Crippen LogP contribution in [-0.2, 0) is 0 Å². The predicted molar refractivity (Wildman–Crippen MR) is 66.7 cm³/mol. The fraction of sp³-hybridized carbons (Fsp3) is 0.364. The van der Waals surface area contributed by atoms with Gasteiger partial charge in [-0.05, 0) is 32.0 Å². The maximum atomic E-state index is 12.8. The summed E-state index contributed by atoms with van der Waals surface area (Å²) in [6.45, 7) is 3.74. The normalized spacial score (nSPS) is 11.3. The Morgan fingerprint density at radius 1 is 1.56 bits per heavy atom. The van der Waals surface area contributed by atoms with E-state index in [-0.39, 0.29) is 22.0 Å². The number of carbonyl (C=O) groups excluding carboxylic acids is 1. The van der Waals surface area contributed by atoms with Crippen molar-refractivity contribution in [3.63, 3.8) is 0 Å². The largest absolute Gasteiger partial charge is 0.346 e. The molecule has 0 fully saturated rings. The molecule has 0 radical (unpaired) electrons. The summed E-state index contributed by atoms with van der Waals surface area (Å²) in [7, 11) is 0. The average molecular weight is 309 g/mol. The minimum Gasteiger partial charge on any atom is -0.346 e. The number of rotatable bonds is 3. The van der Waals surface area contributed by atoms with Gasteiger partial charge in [-0.25, -0.2) is 4.39 Å². The van der Waals surface area contributed by atoms with Gasteiger partial charge in [0, 0.05) is 10.9 Å². The lowest BCUT2D eigenvalue weighted by atomic mass is 10.1. The molecule has 88 valence electrons. The molecule has 0 heterocycles. The number of alkyl halides is 1. The van der Waals surface area contributed by atoms with Gasteiger partial charge in [-0.1, -0.05) is 27.5 Å². The molecule has 0 bridgehead atoms. The standard InChI is InChI=1S/C11H12BrClFNO/c1-11(2,6-12)15-10(16)8-4-3-7(14)5-9(8)13/h3-5H,6H2,1-2H3,(H,15,16). The van der Waals surface area contributed by atoms with E-state index in [0.29, 0.717) is 5.33 Å². The lowest BCUT2D eigenvalue weighted by molar-refractivity contribution is 0.0921. The molecule has 0 aliphatic carbocycles. The van der Waals surface area contributed by atoms with Gasteiger partial charge in [0.15, 0.2) is 0 Å². The Labute approximate surface area is 107 Å². The van der Waals surface area contributed by atoms with Gasteiger partial charge in [0.2, 0.25) is 0 Å². The van der Waals surface area contributed by atoms with Crippen LogP contribution in [0.3, 0.4) is 0 Å². The highest BCUT2D eigenvalue weighted by Gasteiger charge is 2.21. The van der Waals surface area contributed by atoms with Crippen LogP contribution in [0.4, 0.5) is 4.39 Å². The molecule has 0 aliphatic rings. The van der Waals surface area contributed by atoms with Crippen LogP contribution in [0.5, 0.6) is 0 Å². The Bertz CT molecular complexity index is 409. The smallest absolute Gasteiger partial charge is 0.253 e. The van der Waals surface area contributed by atoms with Gasteiger partial charge in [-0.2, -0.15) is 0 Å². The second-order valence-corrected chi connectivity index (χ2v) is 5.06. The number of carbonyl (C=O) groups is 1. The van der Waals surface area contributed by atoms with E-state index in [1.807, 2.05) is 13.8 Å². The molecule has 1 rings (SSSR count). The monoisotopic (exact) mass is 307 g/mol. The van der Waals surface area contributed by atoms with Crippen molar-refractivity contribution in [1.82, 2.24) is 5.32 Å². The number of amides is 1. The van der Waals surface area contributed by atoms with Crippen LogP contribution in [0.1, 0.15) is 24.2 Å². The van der Waals surface area contributed by atoms with E-state index in [0.717, 1.165) is 6.07 Å². The Hall–Kier alpha value is -0.610. The lowest BCUT2D eigenvalue weighted by Crippen LogP contribution is -2.44. The Balaban J connectivity index is 2.89. The molecule has 0 atom stereocenters. The van der Waals surface area contributed by atoms with Gasteiger partial charge in [0.05, 0.1) is 10.6 Å². The Morgan fingerprint density at radius 3 is 2.69 bits per heavy atom. The van der Waals surface area contributed by atoms with E-state index in [1.165, 1.54) is 12.1 Å². The summed E-state index contributed by atoms with van der Waals surface area (Å²) in [6, 6.07) is 3.71. The van der Waals surface area contributed by atoms with Crippen molar-refractivity contribution in [2.24, 2.45) is 0 Å². The molecule has 0 aliphatic heterocycles. The fourth-order valence-corrected chi connectivity index (χ4v) is 1.47. The van der Waals surface area contributed by atoms with Crippen molar-refractivity contribution in [3.05, 3.63) is 34.6 Å². The summed E-state index contributed by atoms with van der Waals surface area (Å²) in [6.07, 6.45) is 0. The van der Waals surface area contributed by atoms with Crippen LogP contribution in [0, 0.1) is 5.82 Å². The van der Waals surface area contributed by atoms with E-state index in [1.54, 1.807) is 0 Å². The van der Waals surface area contributed by atoms with Gasteiger partial charge in [0.25, 0.3) is 5.91 Å². The number of hydrogen-bond donors (Lipinski definition) is 1. The SMILES string of the molecule is CC(C)(CBr)NC(=O)c1ccc(F)cc1Cl. The summed E-state index contributed by atoms with van der Waals surface area (Å²) >= 11 is 9.08. The molecule has 2 nitrogen and oxygen atoms in total. The zero-order valence-electron chi connectivity index (χ0n) is 8.98. The van der Waals surface area contributed by atoms with Crippen molar-refractivity contribution in [1.29, 1.82) is 0 Å². The van der Waals surface area contributed by atoms with Crippen LogP contribution in [0.25, 0.3) is 0 Å². The van der Waals surface area contributed by atoms with Crippen LogP contribution in [0.15, 0.2) is 18.2 Å². The number of hydrogen-bond acceptors (Lipinski definition) is 1. The third-order valence-electron chi connectivity index (χ3n) is 1.96. The Morgan fingerprint density at radius 2 is 2.19 bits per heavy atom. The maximum absolute atomic E-state index is 12.8. The third kappa shape index (κ3) is 3.46. The fourth-order valence-electron chi connectivity index (χ4n) is 1.08. The number of halogens is 3. The summed E-state index contributed by atoms with van der Waals surface area (Å²) in [5, 5.41) is 3.52. The van der Waals surface area contributed by atoms with Crippen molar-refractivity contribution in [2.75, 3.05) is 5.33 Å². The second kappa shape index (κ2) is 5.15. The molecule has 1 N–H and O–H groups in total. The van der Waals surface area contributed by atoms with Crippen LogP contribution in [-0.4, -0.2) is 16.8 Å². The van der Waals surface area contributed by atoms with E-state index in [4.69, 9.17) is 11.6 Å². The summed E-state index contributed by atoms with van der Waals surface area (Å²) in [4.78, 5) is 11.8. The molecule has 0 saturated carbocycles. The summed E-state index contributed by atoms with van der Waals surface area (Å²) in [5.41, 5.74) is -0.105. The van der Waals surface area contributed by atoms with Crippen molar-refractivity contribution in [2.45, 2.75) is 19.4 Å². The first-order valence-corrected chi connectivity index (χ1v) is 6.19. The molecule has 0 saturated heterocycles. The van der Waals surface area contributed by atoms with Gasteiger partial charge < -0.3 is 5.32 Å². The molecule has 1 amide bonds. The minimum absolute atomic E-state index is 0.114. The highest BCUT2D eigenvalue weighted by Crippen LogP contribution is 2.18. The minimum atomic E-state index is -0.457. The molecule has 0 unspecified atom stereocenters. The highest BCUT2D eigenvalue weighted by molar-refractivity contribution is 9.09. The molecule has 0 aromatic heterocycles. The second-order valence-electron chi connectivity index (χ2n) is 4.10. The first kappa shape index (κ1) is 13.5. The van der Waals surface area contributed by atoms with E-state index < -0.39 is 5.82 Å². The molecule has 5 heteroatoms. The van der Waals surface area contributed by atoms with E-state index in [9.17, 15) is 9.18 Å². The number of nitrogens with one attached hydrogen (secondary N) is 1. The van der Waals surface area contributed by atoms with Gasteiger partial charge in [-0.3, -0.25) is 4.79 Å². The first-order chi connectivity index (χ1) is 7.35. The van der Waals surface area contributed by atoms with Crippen molar-refractivity contribution < 1.29 is 9.18 Å². The molecule has 1 aromatic rings. The molecular weight excluding hydrogens is 296 g/mol. The van der Waals surface area contributed by atoms with Crippen LogP contribution >= 0.6 is 27.5 Å². The predicted octanol–water partition coefficient (Wildman–Crippen LogP) is 3.38. The maximum Gasteiger partial charge on any atom is 0.253 e. The Kier molecular flexibility index (Phi) is 4.33. The van der Waals surface area contributed by atoms with Gasteiger partial charge in [-0.15, -0.1) is 0 Å². The van der Waals surface area contributed by atoms with Crippen molar-refractivity contribution >= 4 is 33.4 Å². The number of benzene rings is 1. The topological polar surface area (TPSA) is 29.1 Å². The first-order valence-electron chi connectivity index (χ1n) is 4.69. The molecule has 16 heavy (non-hydrogen) atoms. The molecule has 0 spiro atoms. The third-order valence-corrected chi connectivity index (χ3v) is 3.68. The summed E-state index contributed by atoms with van der Waals surface area (Å²) < 4.78 is 12.8. The van der Waals surface area contributed by atoms with Gasteiger partial charge >= 0.3 is 0 Å². The highest BCUT2D eigenvalue weighted by atomic mass is 79.9. The zero-order valence-corrected chi connectivity index (χ0v) is 11.3. The van der Waals surface area contributed by atoms with E-state index >= 15 is 0 Å².